The second-order valence-electron chi connectivity index (χ2n) is 5.12. The highest BCUT2D eigenvalue weighted by Gasteiger charge is 2.38. The number of ketones is 1. The third-order valence-electron chi connectivity index (χ3n) is 3.71. The number of rotatable bonds is 4. The predicted octanol–water partition coefficient (Wildman–Crippen LogP) is 1.96. The molecule has 1 aromatic heterocycles. The van der Waals surface area contributed by atoms with Crippen LogP contribution in [0.4, 0.5) is 0 Å². The Morgan fingerprint density at radius 1 is 1.41 bits per heavy atom. The number of aryl methyl sites for hydroxylation is 1. The number of likely N-dealkylation sites (tertiary alicyclic amines) is 1. The molecule has 2 rings (SSSR count). The van der Waals surface area contributed by atoms with Crippen LogP contribution in [0.15, 0.2) is 12.4 Å². The fourth-order valence-corrected chi connectivity index (χ4v) is 2.47. The van der Waals surface area contributed by atoms with Gasteiger partial charge in [-0.2, -0.15) is 0 Å². The van der Waals surface area contributed by atoms with Crippen molar-refractivity contribution in [3.63, 3.8) is 0 Å². The first-order valence-electron chi connectivity index (χ1n) is 6.38. The second kappa shape index (κ2) is 4.61. The molecule has 4 heteroatoms. The van der Waals surface area contributed by atoms with E-state index in [0.29, 0.717) is 5.82 Å². The van der Waals surface area contributed by atoms with Crippen molar-refractivity contribution in [1.82, 2.24) is 14.5 Å². The van der Waals surface area contributed by atoms with E-state index in [1.165, 1.54) is 12.8 Å². The van der Waals surface area contributed by atoms with Gasteiger partial charge < -0.3 is 4.57 Å². The molecule has 0 bridgehead atoms. The van der Waals surface area contributed by atoms with Crippen molar-refractivity contribution in [2.75, 3.05) is 13.1 Å². The van der Waals surface area contributed by atoms with E-state index in [-0.39, 0.29) is 5.78 Å². The summed E-state index contributed by atoms with van der Waals surface area (Å²) in [5.41, 5.74) is -0.436. The molecule has 0 radical (unpaired) electrons. The van der Waals surface area contributed by atoms with Gasteiger partial charge in [-0.3, -0.25) is 9.69 Å². The minimum atomic E-state index is -0.436. The van der Waals surface area contributed by atoms with Crippen LogP contribution in [-0.2, 0) is 6.54 Å². The number of Topliss-reactive ketones (excluding diaryl/α,β-unsaturated/α-hetero) is 1. The molecule has 1 fully saturated rings. The maximum absolute atomic E-state index is 12.6. The summed E-state index contributed by atoms with van der Waals surface area (Å²) in [6.45, 7) is 8.88. The molecular weight excluding hydrogens is 214 g/mol. The van der Waals surface area contributed by atoms with Crippen molar-refractivity contribution in [3.8, 4) is 0 Å². The molecule has 1 aliphatic rings. The average Bonchev–Trinajstić information content (AvgIpc) is 2.98. The Kier molecular flexibility index (Phi) is 3.33. The monoisotopic (exact) mass is 235 g/mol. The molecule has 1 aromatic rings. The van der Waals surface area contributed by atoms with Gasteiger partial charge in [0.25, 0.3) is 0 Å². The van der Waals surface area contributed by atoms with Gasteiger partial charge in [0.15, 0.2) is 5.82 Å². The van der Waals surface area contributed by atoms with Crippen LogP contribution in [0, 0.1) is 0 Å². The summed E-state index contributed by atoms with van der Waals surface area (Å²) in [6, 6.07) is 0. The molecule has 0 N–H and O–H groups in total. The van der Waals surface area contributed by atoms with Crippen LogP contribution in [0.1, 0.15) is 44.2 Å². The first kappa shape index (κ1) is 12.3. The third-order valence-corrected chi connectivity index (χ3v) is 3.71. The molecule has 0 amide bonds. The number of hydrogen-bond acceptors (Lipinski definition) is 3. The van der Waals surface area contributed by atoms with Gasteiger partial charge in [0, 0.05) is 18.9 Å². The summed E-state index contributed by atoms with van der Waals surface area (Å²) in [6.07, 6.45) is 5.96. The first-order valence-corrected chi connectivity index (χ1v) is 6.38. The topological polar surface area (TPSA) is 38.1 Å². The van der Waals surface area contributed by atoms with Crippen molar-refractivity contribution in [3.05, 3.63) is 18.2 Å². The molecule has 0 atom stereocenters. The minimum absolute atomic E-state index is 0.131. The zero-order valence-corrected chi connectivity index (χ0v) is 10.9. The van der Waals surface area contributed by atoms with Gasteiger partial charge in [-0.05, 0) is 46.7 Å². The van der Waals surface area contributed by atoms with Crippen LogP contribution >= 0.6 is 0 Å². The van der Waals surface area contributed by atoms with Gasteiger partial charge in [-0.15, -0.1) is 0 Å². The highest BCUT2D eigenvalue weighted by atomic mass is 16.1. The van der Waals surface area contributed by atoms with E-state index in [2.05, 4.69) is 9.88 Å². The van der Waals surface area contributed by atoms with Crippen LogP contribution in [0.2, 0.25) is 0 Å². The molecule has 17 heavy (non-hydrogen) atoms. The van der Waals surface area contributed by atoms with Gasteiger partial charge in [-0.25, -0.2) is 4.98 Å². The highest BCUT2D eigenvalue weighted by Crippen LogP contribution is 2.24. The zero-order valence-electron chi connectivity index (χ0n) is 10.9. The molecular formula is C13H21N3O. The largest absolute Gasteiger partial charge is 0.329 e. The number of hydrogen-bond donors (Lipinski definition) is 0. The van der Waals surface area contributed by atoms with Crippen LogP contribution in [0.25, 0.3) is 0 Å². The SMILES string of the molecule is CCn1ccnc1C(=O)C(C)(C)N1CCCC1. The normalized spacial score (nSPS) is 17.6. The lowest BCUT2D eigenvalue weighted by Gasteiger charge is -2.33. The lowest BCUT2D eigenvalue weighted by Crippen LogP contribution is -2.49. The summed E-state index contributed by atoms with van der Waals surface area (Å²) in [4.78, 5) is 19.0. The average molecular weight is 235 g/mol. The zero-order chi connectivity index (χ0) is 12.5. The second-order valence-corrected chi connectivity index (χ2v) is 5.12. The number of aromatic nitrogens is 2. The third kappa shape index (κ3) is 2.14. The van der Waals surface area contributed by atoms with E-state index in [1.54, 1.807) is 6.20 Å². The molecule has 0 aromatic carbocycles. The van der Waals surface area contributed by atoms with Crippen LogP contribution in [0.5, 0.6) is 0 Å². The Balaban J connectivity index is 2.24. The lowest BCUT2D eigenvalue weighted by molar-refractivity contribution is 0.0686. The summed E-state index contributed by atoms with van der Waals surface area (Å²) in [5, 5.41) is 0. The number of imidazole rings is 1. The maximum Gasteiger partial charge on any atom is 0.217 e. The fourth-order valence-electron chi connectivity index (χ4n) is 2.47. The van der Waals surface area contributed by atoms with E-state index in [4.69, 9.17) is 0 Å². The van der Waals surface area contributed by atoms with Crippen LogP contribution in [0.3, 0.4) is 0 Å². The molecule has 4 nitrogen and oxygen atoms in total. The maximum atomic E-state index is 12.6. The Labute approximate surface area is 103 Å². The summed E-state index contributed by atoms with van der Waals surface area (Å²) >= 11 is 0. The standard InChI is InChI=1S/C13H21N3O/c1-4-15-10-7-14-12(15)11(17)13(2,3)16-8-5-6-9-16/h7,10H,4-6,8-9H2,1-3H3. The van der Waals surface area contributed by atoms with E-state index >= 15 is 0 Å². The predicted molar refractivity (Wildman–Crippen MR) is 67.1 cm³/mol. The van der Waals surface area contributed by atoms with Crippen molar-refractivity contribution in [2.24, 2.45) is 0 Å². The number of carbonyl (C=O) groups is 1. The fraction of sp³-hybridized carbons (Fsp3) is 0.692. The highest BCUT2D eigenvalue weighted by molar-refractivity contribution is 6.00. The van der Waals surface area contributed by atoms with Crippen LogP contribution in [-0.4, -0.2) is 38.9 Å². The Bertz CT molecular complexity index is 403. The van der Waals surface area contributed by atoms with Crippen molar-refractivity contribution >= 4 is 5.78 Å². The molecule has 1 aliphatic heterocycles. The molecule has 0 saturated carbocycles. The van der Waals surface area contributed by atoms with Crippen molar-refractivity contribution < 1.29 is 4.79 Å². The van der Waals surface area contributed by atoms with E-state index in [1.807, 2.05) is 31.5 Å². The van der Waals surface area contributed by atoms with E-state index in [0.717, 1.165) is 19.6 Å². The van der Waals surface area contributed by atoms with Crippen molar-refractivity contribution in [1.29, 1.82) is 0 Å². The first-order chi connectivity index (χ1) is 8.07. The smallest absolute Gasteiger partial charge is 0.217 e. The van der Waals surface area contributed by atoms with E-state index < -0.39 is 5.54 Å². The molecule has 1 saturated heterocycles. The molecule has 2 heterocycles. The number of nitrogens with zero attached hydrogens (tertiary/aromatic N) is 3. The molecule has 0 spiro atoms. The van der Waals surface area contributed by atoms with Gasteiger partial charge >= 0.3 is 0 Å². The molecule has 94 valence electrons. The number of carbonyl (C=O) groups excluding carboxylic acids is 1. The van der Waals surface area contributed by atoms with Gasteiger partial charge in [0.1, 0.15) is 0 Å². The van der Waals surface area contributed by atoms with Gasteiger partial charge in [-0.1, -0.05) is 0 Å². The summed E-state index contributed by atoms with van der Waals surface area (Å²) in [5.74, 6) is 0.718. The molecule has 0 aliphatic carbocycles. The minimum Gasteiger partial charge on any atom is -0.329 e. The lowest BCUT2D eigenvalue weighted by atomic mass is 9.96. The summed E-state index contributed by atoms with van der Waals surface area (Å²) < 4.78 is 1.92. The Hall–Kier alpha value is -1.16. The van der Waals surface area contributed by atoms with Gasteiger partial charge in [0.2, 0.25) is 5.78 Å². The van der Waals surface area contributed by atoms with Crippen molar-refractivity contribution in [2.45, 2.75) is 45.7 Å². The summed E-state index contributed by atoms with van der Waals surface area (Å²) in [7, 11) is 0. The Morgan fingerprint density at radius 3 is 2.65 bits per heavy atom. The van der Waals surface area contributed by atoms with Gasteiger partial charge in [0.05, 0.1) is 5.54 Å². The Morgan fingerprint density at radius 2 is 2.06 bits per heavy atom. The van der Waals surface area contributed by atoms with Crippen LogP contribution < -0.4 is 0 Å². The van der Waals surface area contributed by atoms with E-state index in [9.17, 15) is 4.79 Å². The quantitative estimate of drug-likeness (QED) is 0.749. The molecule has 0 unspecified atom stereocenters.